The molecular formula is C20H18N4O2. The monoisotopic (exact) mass is 346 g/mol. The summed E-state index contributed by atoms with van der Waals surface area (Å²) >= 11 is 0. The number of nitrogens with zero attached hydrogens (tertiary/aromatic N) is 2. The first-order valence-corrected chi connectivity index (χ1v) is 8.46. The average molecular weight is 346 g/mol. The predicted molar refractivity (Wildman–Crippen MR) is 102 cm³/mol. The quantitative estimate of drug-likeness (QED) is 0.760. The predicted octanol–water partition coefficient (Wildman–Crippen LogP) is 3.60. The van der Waals surface area contributed by atoms with Crippen LogP contribution in [0, 0.1) is 6.92 Å². The van der Waals surface area contributed by atoms with Gasteiger partial charge in [-0.15, -0.1) is 0 Å². The maximum absolute atomic E-state index is 12.6. The zero-order valence-electron chi connectivity index (χ0n) is 14.3. The second-order valence-electron chi connectivity index (χ2n) is 6.33. The Bertz CT molecular complexity index is 1030. The van der Waals surface area contributed by atoms with Crippen LogP contribution >= 0.6 is 0 Å². The van der Waals surface area contributed by atoms with E-state index in [9.17, 15) is 9.59 Å². The van der Waals surface area contributed by atoms with E-state index in [2.05, 4.69) is 15.4 Å². The van der Waals surface area contributed by atoms with E-state index < -0.39 is 0 Å². The van der Waals surface area contributed by atoms with Gasteiger partial charge in [0.05, 0.1) is 5.69 Å². The summed E-state index contributed by atoms with van der Waals surface area (Å²) in [6.45, 7) is 1.95. The third-order valence-electron chi connectivity index (χ3n) is 4.35. The molecule has 0 saturated carbocycles. The Hall–Kier alpha value is -3.41. The van der Waals surface area contributed by atoms with Gasteiger partial charge in [0.1, 0.15) is 5.71 Å². The minimum atomic E-state index is -0.287. The highest BCUT2D eigenvalue weighted by atomic mass is 16.2. The van der Waals surface area contributed by atoms with Crippen LogP contribution in [0.25, 0.3) is 10.9 Å². The molecule has 0 aliphatic carbocycles. The average Bonchev–Trinajstić information content (AvgIpc) is 3.10. The molecule has 2 amide bonds. The number of benzene rings is 2. The summed E-state index contributed by atoms with van der Waals surface area (Å²) in [5, 5.41) is 9.51. The fourth-order valence-corrected chi connectivity index (χ4v) is 3.01. The molecule has 4 rings (SSSR count). The number of hydrogen-bond donors (Lipinski definition) is 2. The van der Waals surface area contributed by atoms with Crippen molar-refractivity contribution in [2.24, 2.45) is 5.10 Å². The Labute approximate surface area is 150 Å². The molecular weight excluding hydrogens is 328 g/mol. The Morgan fingerprint density at radius 1 is 1.15 bits per heavy atom. The molecule has 0 atom stereocenters. The molecule has 2 aromatic carbocycles. The van der Waals surface area contributed by atoms with Crippen LogP contribution in [-0.2, 0) is 9.59 Å². The van der Waals surface area contributed by atoms with E-state index in [1.54, 1.807) is 0 Å². The second-order valence-corrected chi connectivity index (χ2v) is 6.33. The number of anilines is 2. The molecule has 0 unspecified atom stereocenters. The zero-order valence-corrected chi connectivity index (χ0v) is 14.3. The summed E-state index contributed by atoms with van der Waals surface area (Å²) in [7, 11) is 0. The van der Waals surface area contributed by atoms with Crippen molar-refractivity contribution in [3.8, 4) is 0 Å². The summed E-state index contributed by atoms with van der Waals surface area (Å²) in [5.41, 5.74) is 3.76. The highest BCUT2D eigenvalue weighted by molar-refractivity contribution is 6.44. The van der Waals surface area contributed by atoms with Crippen molar-refractivity contribution in [1.82, 2.24) is 4.98 Å². The molecule has 26 heavy (non-hydrogen) atoms. The lowest BCUT2D eigenvalue weighted by Gasteiger charge is -2.23. The number of amides is 2. The Kier molecular flexibility index (Phi) is 4.01. The molecule has 0 radical (unpaired) electrons. The molecule has 2 N–H and O–H groups in total. The van der Waals surface area contributed by atoms with Gasteiger partial charge >= 0.3 is 0 Å². The van der Waals surface area contributed by atoms with Crippen LogP contribution in [0.2, 0.25) is 0 Å². The van der Waals surface area contributed by atoms with Crippen molar-refractivity contribution in [3.63, 3.8) is 0 Å². The second kappa shape index (κ2) is 6.48. The first-order chi connectivity index (χ1) is 12.6. The van der Waals surface area contributed by atoms with Gasteiger partial charge in [-0.3, -0.25) is 9.59 Å². The minimum Gasteiger partial charge on any atom is -0.361 e. The lowest BCUT2D eigenvalue weighted by atomic mass is 10.1. The number of hydrazone groups is 1. The maximum atomic E-state index is 12.6. The van der Waals surface area contributed by atoms with Gasteiger partial charge in [-0.05, 0) is 48.9 Å². The number of H-pyrrole nitrogens is 1. The molecule has 0 saturated heterocycles. The molecule has 1 aliphatic rings. The Balaban J connectivity index is 1.58. The number of fused-ring (bicyclic) bond motifs is 1. The number of aryl methyl sites for hydroxylation is 1. The van der Waals surface area contributed by atoms with Gasteiger partial charge in [0.2, 0.25) is 5.91 Å². The summed E-state index contributed by atoms with van der Waals surface area (Å²) in [4.78, 5) is 28.0. The van der Waals surface area contributed by atoms with Gasteiger partial charge in [0.25, 0.3) is 5.91 Å². The third kappa shape index (κ3) is 3.09. The van der Waals surface area contributed by atoms with Gasteiger partial charge in [-0.2, -0.15) is 5.10 Å². The largest absolute Gasteiger partial charge is 0.361 e. The third-order valence-corrected chi connectivity index (χ3v) is 4.35. The summed E-state index contributed by atoms with van der Waals surface area (Å²) in [6, 6.07) is 15.1. The normalized spacial score (nSPS) is 14.4. The number of carbonyl (C=O) groups excluding carboxylic acids is 2. The van der Waals surface area contributed by atoms with Crippen molar-refractivity contribution < 1.29 is 9.59 Å². The number of carbonyl (C=O) groups is 2. The molecule has 130 valence electrons. The molecule has 3 aromatic rings. The first kappa shape index (κ1) is 16.1. The van der Waals surface area contributed by atoms with E-state index in [4.69, 9.17) is 0 Å². The van der Waals surface area contributed by atoms with Crippen LogP contribution in [0.4, 0.5) is 11.4 Å². The zero-order chi connectivity index (χ0) is 18.1. The number of aromatic nitrogens is 1. The van der Waals surface area contributed by atoms with Crippen LogP contribution in [0.3, 0.4) is 0 Å². The lowest BCUT2D eigenvalue weighted by molar-refractivity contribution is -0.118. The van der Waals surface area contributed by atoms with E-state index in [1.165, 1.54) is 5.01 Å². The SMILES string of the molecule is Cc1cccc(N2N=C(C(=O)Nc3ccc4[nH]ccc4c3)CCC2=O)c1. The number of rotatable bonds is 3. The lowest BCUT2D eigenvalue weighted by Crippen LogP contribution is -2.36. The Morgan fingerprint density at radius 2 is 2.04 bits per heavy atom. The van der Waals surface area contributed by atoms with Gasteiger partial charge in [0.15, 0.2) is 0 Å². The van der Waals surface area contributed by atoms with E-state index in [0.29, 0.717) is 23.5 Å². The van der Waals surface area contributed by atoms with Crippen LogP contribution in [0.1, 0.15) is 18.4 Å². The van der Waals surface area contributed by atoms with Crippen molar-refractivity contribution >= 4 is 39.8 Å². The highest BCUT2D eigenvalue weighted by Gasteiger charge is 2.25. The summed E-state index contributed by atoms with van der Waals surface area (Å²) in [6.07, 6.45) is 2.45. The maximum Gasteiger partial charge on any atom is 0.271 e. The van der Waals surface area contributed by atoms with Gasteiger partial charge in [-0.25, -0.2) is 5.01 Å². The molecule has 1 aliphatic heterocycles. The molecule has 6 nitrogen and oxygen atoms in total. The van der Waals surface area contributed by atoms with Crippen molar-refractivity contribution in [3.05, 3.63) is 60.3 Å². The van der Waals surface area contributed by atoms with E-state index >= 15 is 0 Å². The summed E-state index contributed by atoms with van der Waals surface area (Å²) < 4.78 is 0. The first-order valence-electron chi connectivity index (χ1n) is 8.46. The van der Waals surface area contributed by atoms with Crippen LogP contribution in [-0.4, -0.2) is 22.5 Å². The fraction of sp³-hybridized carbons (Fsp3) is 0.150. The smallest absolute Gasteiger partial charge is 0.271 e. The summed E-state index contributed by atoms with van der Waals surface area (Å²) in [5.74, 6) is -0.397. The number of nitrogens with one attached hydrogen (secondary N) is 2. The molecule has 0 spiro atoms. The molecule has 2 heterocycles. The number of aromatic amines is 1. The minimum absolute atomic E-state index is 0.110. The van der Waals surface area contributed by atoms with Gasteiger partial charge in [0, 0.05) is 35.6 Å². The fourth-order valence-electron chi connectivity index (χ4n) is 3.01. The highest BCUT2D eigenvalue weighted by Crippen LogP contribution is 2.22. The van der Waals surface area contributed by atoms with Crippen LogP contribution in [0.5, 0.6) is 0 Å². The topological polar surface area (TPSA) is 77.6 Å². The van der Waals surface area contributed by atoms with Gasteiger partial charge in [-0.1, -0.05) is 12.1 Å². The molecule has 0 bridgehead atoms. The van der Waals surface area contributed by atoms with Crippen LogP contribution in [0.15, 0.2) is 59.8 Å². The number of hydrogen-bond acceptors (Lipinski definition) is 3. The van der Waals surface area contributed by atoms with E-state index in [1.807, 2.05) is 61.7 Å². The van der Waals surface area contributed by atoms with Crippen molar-refractivity contribution in [2.75, 3.05) is 10.3 Å². The molecule has 0 fully saturated rings. The van der Waals surface area contributed by atoms with Gasteiger partial charge < -0.3 is 10.3 Å². The van der Waals surface area contributed by atoms with Crippen LogP contribution < -0.4 is 10.3 Å². The Morgan fingerprint density at radius 3 is 2.88 bits per heavy atom. The standard InChI is InChI=1S/C20H18N4O2/c1-13-3-2-4-16(11-13)24-19(25)8-7-18(23-24)20(26)22-15-5-6-17-14(12-15)9-10-21-17/h2-6,9-12,21H,7-8H2,1H3,(H,22,26). The molecule has 6 heteroatoms. The molecule has 1 aromatic heterocycles. The van der Waals surface area contributed by atoms with Crippen molar-refractivity contribution in [2.45, 2.75) is 19.8 Å². The van der Waals surface area contributed by atoms with E-state index in [0.717, 1.165) is 16.5 Å². The van der Waals surface area contributed by atoms with E-state index in [-0.39, 0.29) is 18.2 Å². The van der Waals surface area contributed by atoms with Crippen molar-refractivity contribution in [1.29, 1.82) is 0 Å².